The van der Waals surface area contributed by atoms with Gasteiger partial charge in [-0.05, 0) is 47.9 Å². The van der Waals surface area contributed by atoms with Crippen LogP contribution in [0, 0.1) is 12.7 Å². The zero-order valence-electron chi connectivity index (χ0n) is 13.0. The predicted octanol–water partition coefficient (Wildman–Crippen LogP) is 4.60. The maximum atomic E-state index is 13.8. The Labute approximate surface area is 140 Å². The van der Waals surface area contributed by atoms with Crippen LogP contribution in [-0.2, 0) is 10.0 Å². The molecule has 24 heavy (non-hydrogen) atoms. The summed E-state index contributed by atoms with van der Waals surface area (Å²) in [6, 6.07) is 20.4. The van der Waals surface area contributed by atoms with Crippen LogP contribution in [0.1, 0.15) is 5.56 Å². The van der Waals surface area contributed by atoms with Crippen LogP contribution in [0.3, 0.4) is 0 Å². The van der Waals surface area contributed by atoms with E-state index in [1.165, 1.54) is 24.3 Å². The van der Waals surface area contributed by atoms with Crippen LogP contribution in [0.5, 0.6) is 0 Å². The second kappa shape index (κ2) is 6.45. The normalized spacial score (nSPS) is 11.2. The lowest BCUT2D eigenvalue weighted by molar-refractivity contribution is 0.598. The minimum Gasteiger partial charge on any atom is -0.277 e. The lowest BCUT2D eigenvalue weighted by atomic mass is 10.1. The average molecular weight is 341 g/mol. The van der Waals surface area contributed by atoms with Crippen LogP contribution in [-0.4, -0.2) is 8.42 Å². The summed E-state index contributed by atoms with van der Waals surface area (Å²) in [5.41, 5.74) is 2.63. The molecule has 3 nitrogen and oxygen atoms in total. The molecule has 0 heterocycles. The molecule has 0 atom stereocenters. The van der Waals surface area contributed by atoms with Crippen molar-refractivity contribution < 1.29 is 12.8 Å². The first-order chi connectivity index (χ1) is 11.5. The fraction of sp³-hybridized carbons (Fsp3) is 0.0526. The lowest BCUT2D eigenvalue weighted by Crippen LogP contribution is -2.14. The third-order valence-electron chi connectivity index (χ3n) is 3.64. The Balaban J connectivity index is 1.89. The molecular weight excluding hydrogens is 325 g/mol. The van der Waals surface area contributed by atoms with Gasteiger partial charge in [0.05, 0.1) is 10.6 Å². The van der Waals surface area contributed by atoms with Gasteiger partial charge in [0.1, 0.15) is 5.82 Å². The number of hydrogen-bond acceptors (Lipinski definition) is 2. The zero-order valence-corrected chi connectivity index (χ0v) is 13.8. The number of benzene rings is 3. The van der Waals surface area contributed by atoms with E-state index in [0.717, 1.165) is 16.7 Å². The highest BCUT2D eigenvalue weighted by molar-refractivity contribution is 7.92. The van der Waals surface area contributed by atoms with Gasteiger partial charge in [-0.2, -0.15) is 0 Å². The maximum Gasteiger partial charge on any atom is 0.261 e. The van der Waals surface area contributed by atoms with Gasteiger partial charge in [-0.25, -0.2) is 12.8 Å². The van der Waals surface area contributed by atoms with Gasteiger partial charge in [0.2, 0.25) is 0 Å². The van der Waals surface area contributed by atoms with Gasteiger partial charge in [0, 0.05) is 0 Å². The van der Waals surface area contributed by atoms with Gasteiger partial charge in [-0.3, -0.25) is 4.72 Å². The molecule has 3 aromatic rings. The van der Waals surface area contributed by atoms with Crippen molar-refractivity contribution in [3.63, 3.8) is 0 Å². The molecule has 0 aliphatic heterocycles. The molecule has 0 amide bonds. The molecule has 5 heteroatoms. The predicted molar refractivity (Wildman–Crippen MR) is 93.8 cm³/mol. The standard InChI is InChI=1S/C19H16FNO2S/c1-14-7-12-18(20)19(13-14)21-24(22,23)17-10-8-16(9-11-17)15-5-3-2-4-6-15/h2-13,21H,1H3. The van der Waals surface area contributed by atoms with Gasteiger partial charge in [-0.15, -0.1) is 0 Å². The highest BCUT2D eigenvalue weighted by Crippen LogP contribution is 2.23. The van der Waals surface area contributed by atoms with Gasteiger partial charge in [0.25, 0.3) is 10.0 Å². The number of anilines is 1. The summed E-state index contributed by atoms with van der Waals surface area (Å²) in [6.07, 6.45) is 0. The summed E-state index contributed by atoms with van der Waals surface area (Å²) in [5, 5.41) is 0. The van der Waals surface area contributed by atoms with Crippen LogP contribution >= 0.6 is 0 Å². The molecule has 0 aliphatic carbocycles. The molecule has 0 saturated carbocycles. The highest BCUT2D eigenvalue weighted by atomic mass is 32.2. The van der Waals surface area contributed by atoms with Crippen molar-refractivity contribution in [2.75, 3.05) is 4.72 Å². The minimum absolute atomic E-state index is 0.0536. The molecular formula is C19H16FNO2S. The average Bonchev–Trinajstić information content (AvgIpc) is 2.59. The second-order valence-corrected chi connectivity index (χ2v) is 7.16. The molecule has 0 fully saturated rings. The second-order valence-electron chi connectivity index (χ2n) is 5.48. The highest BCUT2D eigenvalue weighted by Gasteiger charge is 2.16. The first kappa shape index (κ1) is 16.2. The molecule has 122 valence electrons. The van der Waals surface area contributed by atoms with Gasteiger partial charge in [0.15, 0.2) is 0 Å². The summed E-state index contributed by atoms with van der Waals surface area (Å²) >= 11 is 0. The van der Waals surface area contributed by atoms with E-state index in [2.05, 4.69) is 4.72 Å². The Morgan fingerprint density at radius 3 is 2.12 bits per heavy atom. The molecule has 0 radical (unpaired) electrons. The van der Waals surface area contributed by atoms with Crippen molar-refractivity contribution in [1.82, 2.24) is 0 Å². The molecule has 0 aromatic heterocycles. The first-order valence-electron chi connectivity index (χ1n) is 7.40. The number of nitrogens with one attached hydrogen (secondary N) is 1. The molecule has 3 rings (SSSR count). The Morgan fingerprint density at radius 1 is 0.833 bits per heavy atom. The summed E-state index contributed by atoms with van der Waals surface area (Å²) in [5.74, 6) is -0.606. The molecule has 0 spiro atoms. The monoisotopic (exact) mass is 341 g/mol. The van der Waals surface area contributed by atoms with Crippen molar-refractivity contribution >= 4 is 15.7 Å². The van der Waals surface area contributed by atoms with Crippen molar-refractivity contribution in [2.45, 2.75) is 11.8 Å². The molecule has 0 bridgehead atoms. The third-order valence-corrected chi connectivity index (χ3v) is 5.02. The van der Waals surface area contributed by atoms with Crippen LogP contribution in [0.2, 0.25) is 0 Å². The van der Waals surface area contributed by atoms with Crippen LogP contribution in [0.15, 0.2) is 77.7 Å². The maximum absolute atomic E-state index is 13.8. The van der Waals surface area contributed by atoms with E-state index in [-0.39, 0.29) is 10.6 Å². The van der Waals surface area contributed by atoms with E-state index < -0.39 is 15.8 Å². The van der Waals surface area contributed by atoms with Crippen molar-refractivity contribution in [3.05, 3.63) is 84.2 Å². The van der Waals surface area contributed by atoms with Crippen LogP contribution in [0.4, 0.5) is 10.1 Å². The van der Waals surface area contributed by atoms with Crippen molar-refractivity contribution in [3.8, 4) is 11.1 Å². The van der Waals surface area contributed by atoms with Crippen LogP contribution in [0.25, 0.3) is 11.1 Å². The van der Waals surface area contributed by atoms with E-state index >= 15 is 0 Å². The van der Waals surface area contributed by atoms with Crippen molar-refractivity contribution in [2.24, 2.45) is 0 Å². The fourth-order valence-corrected chi connectivity index (χ4v) is 3.44. The molecule has 0 saturated heterocycles. The van der Waals surface area contributed by atoms with Crippen LogP contribution < -0.4 is 4.72 Å². The Kier molecular flexibility index (Phi) is 4.36. The lowest BCUT2D eigenvalue weighted by Gasteiger charge is -2.10. The Morgan fingerprint density at radius 2 is 1.46 bits per heavy atom. The van der Waals surface area contributed by atoms with E-state index in [4.69, 9.17) is 0 Å². The number of sulfonamides is 1. The van der Waals surface area contributed by atoms with Gasteiger partial charge >= 0.3 is 0 Å². The van der Waals surface area contributed by atoms with E-state index in [0.29, 0.717) is 0 Å². The quantitative estimate of drug-likeness (QED) is 0.754. The Hall–Kier alpha value is -2.66. The van der Waals surface area contributed by atoms with E-state index in [9.17, 15) is 12.8 Å². The Bertz CT molecular complexity index is 952. The summed E-state index contributed by atoms with van der Waals surface area (Å²) in [6.45, 7) is 1.77. The zero-order chi connectivity index (χ0) is 17.2. The van der Waals surface area contributed by atoms with Gasteiger partial charge in [-0.1, -0.05) is 48.5 Å². The number of halogens is 1. The number of hydrogen-bond donors (Lipinski definition) is 1. The molecule has 0 aliphatic rings. The summed E-state index contributed by atoms with van der Waals surface area (Å²) < 4.78 is 40.9. The molecule has 1 N–H and O–H groups in total. The SMILES string of the molecule is Cc1ccc(F)c(NS(=O)(=O)c2ccc(-c3ccccc3)cc2)c1. The largest absolute Gasteiger partial charge is 0.277 e. The summed E-state index contributed by atoms with van der Waals surface area (Å²) in [4.78, 5) is 0.0862. The molecule has 3 aromatic carbocycles. The number of aryl methyl sites for hydroxylation is 1. The number of rotatable bonds is 4. The first-order valence-corrected chi connectivity index (χ1v) is 8.88. The minimum atomic E-state index is -3.84. The summed E-state index contributed by atoms with van der Waals surface area (Å²) in [7, 11) is -3.84. The topological polar surface area (TPSA) is 46.2 Å². The van der Waals surface area contributed by atoms with E-state index in [1.54, 1.807) is 25.1 Å². The molecule has 0 unspecified atom stereocenters. The van der Waals surface area contributed by atoms with E-state index in [1.807, 2.05) is 30.3 Å². The smallest absolute Gasteiger partial charge is 0.261 e. The fourth-order valence-electron chi connectivity index (χ4n) is 2.38. The van der Waals surface area contributed by atoms with Gasteiger partial charge < -0.3 is 0 Å². The third kappa shape index (κ3) is 3.46. The van der Waals surface area contributed by atoms with Crippen molar-refractivity contribution in [1.29, 1.82) is 0 Å².